The van der Waals surface area contributed by atoms with E-state index in [4.69, 9.17) is 15.3 Å². The first-order valence-electron chi connectivity index (χ1n) is 5.02. The van der Waals surface area contributed by atoms with Gasteiger partial charge < -0.3 is 15.3 Å². The first-order chi connectivity index (χ1) is 8.91. The van der Waals surface area contributed by atoms with Gasteiger partial charge in [0.25, 0.3) is 0 Å². The summed E-state index contributed by atoms with van der Waals surface area (Å²) in [6.45, 7) is 0. The first-order valence-corrected chi connectivity index (χ1v) is 5.02. The second-order valence-corrected chi connectivity index (χ2v) is 3.09. The van der Waals surface area contributed by atoms with Crippen LogP contribution in [0.5, 0.6) is 0 Å². The van der Waals surface area contributed by atoms with Crippen LogP contribution in [0.4, 0.5) is 0 Å². The summed E-state index contributed by atoms with van der Waals surface area (Å²) in [7, 11) is 0. The first kappa shape index (κ1) is 16.1. The van der Waals surface area contributed by atoms with Crippen molar-refractivity contribution in [1.82, 2.24) is 0 Å². The predicted octanol–water partition coefficient (Wildman–Crippen LogP) is 1.50. The number of carbonyl (C=O) groups is 3. The summed E-state index contributed by atoms with van der Waals surface area (Å²) >= 11 is 0. The van der Waals surface area contributed by atoms with Crippen LogP contribution in [0.15, 0.2) is 48.6 Å². The van der Waals surface area contributed by atoms with Gasteiger partial charge in [-0.15, -0.1) is 0 Å². The van der Waals surface area contributed by atoms with Gasteiger partial charge in [-0.3, -0.25) is 0 Å². The van der Waals surface area contributed by atoms with Crippen LogP contribution in [0.1, 0.15) is 5.56 Å². The van der Waals surface area contributed by atoms with Gasteiger partial charge in [-0.2, -0.15) is 0 Å². The Bertz CT molecular complexity index is 471. The molecular formula is C13H12O6. The summed E-state index contributed by atoms with van der Waals surface area (Å²) in [5.41, 5.74) is 0.898. The molecule has 0 radical (unpaired) electrons. The highest BCUT2D eigenvalue weighted by Crippen LogP contribution is 1.99. The maximum absolute atomic E-state index is 10.1. The van der Waals surface area contributed by atoms with Crippen molar-refractivity contribution in [2.45, 2.75) is 0 Å². The number of aliphatic carboxylic acids is 3. The molecule has 0 fully saturated rings. The van der Waals surface area contributed by atoms with Crippen molar-refractivity contribution in [3.05, 3.63) is 54.1 Å². The van der Waals surface area contributed by atoms with E-state index in [0.29, 0.717) is 12.2 Å². The molecule has 0 spiro atoms. The summed E-state index contributed by atoms with van der Waals surface area (Å²) in [5.74, 6) is -3.44. The van der Waals surface area contributed by atoms with Gasteiger partial charge >= 0.3 is 17.9 Å². The third-order valence-electron chi connectivity index (χ3n) is 1.59. The van der Waals surface area contributed by atoms with Crippen molar-refractivity contribution in [2.24, 2.45) is 0 Å². The van der Waals surface area contributed by atoms with E-state index >= 15 is 0 Å². The maximum atomic E-state index is 10.1. The van der Waals surface area contributed by atoms with Gasteiger partial charge in [0.2, 0.25) is 0 Å². The van der Waals surface area contributed by atoms with E-state index in [1.807, 2.05) is 30.3 Å². The Balaban J connectivity index is 0.000000362. The lowest BCUT2D eigenvalue weighted by Gasteiger charge is -1.87. The minimum Gasteiger partial charge on any atom is -0.478 e. The molecular weight excluding hydrogens is 252 g/mol. The summed E-state index contributed by atoms with van der Waals surface area (Å²) in [5, 5.41) is 23.9. The Kier molecular flexibility index (Phi) is 7.78. The van der Waals surface area contributed by atoms with E-state index < -0.39 is 17.9 Å². The van der Waals surface area contributed by atoms with Crippen LogP contribution in [0, 0.1) is 0 Å². The molecule has 0 aliphatic heterocycles. The van der Waals surface area contributed by atoms with E-state index in [-0.39, 0.29) is 0 Å². The molecule has 0 saturated heterocycles. The lowest BCUT2D eigenvalue weighted by molar-refractivity contribution is -0.134. The van der Waals surface area contributed by atoms with Crippen LogP contribution in [-0.4, -0.2) is 33.2 Å². The summed E-state index contributed by atoms with van der Waals surface area (Å²) < 4.78 is 0. The molecule has 3 N–H and O–H groups in total. The lowest BCUT2D eigenvalue weighted by Crippen LogP contribution is -1.91. The minimum atomic E-state index is -1.26. The fraction of sp³-hybridized carbons (Fsp3) is 0. The average molecular weight is 264 g/mol. The van der Waals surface area contributed by atoms with E-state index in [0.717, 1.165) is 11.6 Å². The molecule has 0 amide bonds. The van der Waals surface area contributed by atoms with Gasteiger partial charge in [0.15, 0.2) is 0 Å². The third kappa shape index (κ3) is 11.4. The Morgan fingerprint density at radius 1 is 0.737 bits per heavy atom. The Hall–Kier alpha value is -2.89. The monoisotopic (exact) mass is 264 g/mol. The van der Waals surface area contributed by atoms with Crippen molar-refractivity contribution in [3.8, 4) is 0 Å². The number of benzene rings is 1. The van der Waals surface area contributed by atoms with Gasteiger partial charge in [-0.05, 0) is 11.6 Å². The molecule has 1 rings (SSSR count). The largest absolute Gasteiger partial charge is 0.478 e. The highest BCUT2D eigenvalue weighted by Gasteiger charge is 1.88. The zero-order chi connectivity index (χ0) is 14.7. The Labute approximate surface area is 108 Å². The quantitative estimate of drug-likeness (QED) is 0.710. The third-order valence-corrected chi connectivity index (χ3v) is 1.59. The van der Waals surface area contributed by atoms with Crippen LogP contribution in [0.3, 0.4) is 0 Å². The molecule has 0 aliphatic carbocycles. The summed E-state index contributed by atoms with van der Waals surface area (Å²) in [4.78, 5) is 29.2. The summed E-state index contributed by atoms with van der Waals surface area (Å²) in [6, 6.07) is 9.31. The number of rotatable bonds is 4. The second kappa shape index (κ2) is 9.17. The standard InChI is InChI=1S/C9H8O2.C4H4O4/c10-9(11)7-6-8-4-2-1-3-5-8;5-3(6)1-2-4(7)8/h1-7H,(H,10,11);1-2H,(H,5,6)(H,7,8). The van der Waals surface area contributed by atoms with Crippen LogP contribution in [0.25, 0.3) is 6.08 Å². The van der Waals surface area contributed by atoms with Gasteiger partial charge in [0.1, 0.15) is 0 Å². The number of hydrogen-bond acceptors (Lipinski definition) is 3. The van der Waals surface area contributed by atoms with Crippen molar-refractivity contribution in [2.75, 3.05) is 0 Å². The molecule has 1 aromatic rings. The van der Waals surface area contributed by atoms with Gasteiger partial charge in [-0.1, -0.05) is 30.3 Å². The molecule has 0 aromatic heterocycles. The average Bonchev–Trinajstić information content (AvgIpc) is 2.36. The zero-order valence-electron chi connectivity index (χ0n) is 9.76. The molecule has 0 heterocycles. The normalized spacial score (nSPS) is 9.89. The second-order valence-electron chi connectivity index (χ2n) is 3.09. The Morgan fingerprint density at radius 2 is 1.16 bits per heavy atom. The maximum Gasteiger partial charge on any atom is 0.328 e. The number of carboxylic acid groups (broad SMARTS) is 3. The van der Waals surface area contributed by atoms with Crippen molar-refractivity contribution < 1.29 is 29.7 Å². The molecule has 0 bridgehead atoms. The fourth-order valence-electron chi connectivity index (χ4n) is 0.874. The molecule has 0 aliphatic rings. The predicted molar refractivity (Wildman–Crippen MR) is 67.5 cm³/mol. The van der Waals surface area contributed by atoms with Gasteiger partial charge in [0, 0.05) is 18.2 Å². The van der Waals surface area contributed by atoms with E-state index in [2.05, 4.69) is 0 Å². The lowest BCUT2D eigenvalue weighted by atomic mass is 10.2. The molecule has 19 heavy (non-hydrogen) atoms. The molecule has 0 atom stereocenters. The van der Waals surface area contributed by atoms with E-state index in [1.54, 1.807) is 6.08 Å². The minimum absolute atomic E-state index is 0.558. The topological polar surface area (TPSA) is 112 Å². The zero-order valence-corrected chi connectivity index (χ0v) is 9.76. The summed E-state index contributed by atoms with van der Waals surface area (Å²) in [6.07, 6.45) is 3.79. The van der Waals surface area contributed by atoms with Crippen LogP contribution in [-0.2, 0) is 14.4 Å². The van der Waals surface area contributed by atoms with Crippen molar-refractivity contribution in [3.63, 3.8) is 0 Å². The SMILES string of the molecule is O=C(O)C=CC(=O)O.O=C(O)C=Cc1ccccc1. The van der Waals surface area contributed by atoms with Gasteiger partial charge in [-0.25, -0.2) is 14.4 Å². The van der Waals surface area contributed by atoms with Crippen molar-refractivity contribution in [1.29, 1.82) is 0 Å². The highest BCUT2D eigenvalue weighted by atomic mass is 16.4. The molecule has 0 saturated carbocycles. The molecule has 6 nitrogen and oxygen atoms in total. The molecule has 100 valence electrons. The van der Waals surface area contributed by atoms with E-state index in [9.17, 15) is 14.4 Å². The highest BCUT2D eigenvalue weighted by molar-refractivity contribution is 5.89. The Morgan fingerprint density at radius 3 is 1.53 bits per heavy atom. The van der Waals surface area contributed by atoms with E-state index in [1.165, 1.54) is 0 Å². The van der Waals surface area contributed by atoms with Crippen LogP contribution >= 0.6 is 0 Å². The molecule has 0 unspecified atom stereocenters. The fourth-order valence-corrected chi connectivity index (χ4v) is 0.874. The smallest absolute Gasteiger partial charge is 0.328 e. The van der Waals surface area contributed by atoms with Crippen LogP contribution < -0.4 is 0 Å². The number of hydrogen-bond donors (Lipinski definition) is 3. The molecule has 1 aromatic carbocycles. The van der Waals surface area contributed by atoms with Crippen LogP contribution in [0.2, 0.25) is 0 Å². The van der Waals surface area contributed by atoms with Gasteiger partial charge in [0.05, 0.1) is 0 Å². The molecule has 6 heteroatoms. The van der Waals surface area contributed by atoms with Crippen molar-refractivity contribution >= 4 is 24.0 Å². The number of carboxylic acids is 3.